The van der Waals surface area contributed by atoms with Crippen molar-refractivity contribution < 1.29 is 23.8 Å². The van der Waals surface area contributed by atoms with Gasteiger partial charge in [-0.3, -0.25) is 4.79 Å². The Labute approximate surface area is 184 Å². The molecule has 1 amide bonds. The van der Waals surface area contributed by atoms with Crippen LogP contribution in [0, 0.1) is 0 Å². The molecule has 0 aliphatic rings. The Hall–Kier alpha value is -3.84. The molecule has 0 saturated heterocycles. The molecule has 0 bridgehead atoms. The molecule has 0 aliphatic heterocycles. The SMILES string of the molecule is COc1ccccc1OCC(=O)NN=Cc1cccc(OC(=O)c2ccc(Cl)cc2)c1. The highest BCUT2D eigenvalue weighted by molar-refractivity contribution is 6.30. The van der Waals surface area contributed by atoms with Crippen LogP contribution in [-0.2, 0) is 4.79 Å². The molecular formula is C23H19ClN2O5. The number of hydrogen-bond acceptors (Lipinski definition) is 6. The zero-order valence-corrected chi connectivity index (χ0v) is 17.3. The van der Waals surface area contributed by atoms with Crippen LogP contribution in [0.5, 0.6) is 17.2 Å². The molecule has 0 heterocycles. The molecule has 0 fully saturated rings. The van der Waals surface area contributed by atoms with Crippen molar-refractivity contribution >= 4 is 29.7 Å². The van der Waals surface area contributed by atoms with Crippen LogP contribution < -0.4 is 19.6 Å². The largest absolute Gasteiger partial charge is 0.493 e. The quantitative estimate of drug-likeness (QED) is 0.248. The van der Waals surface area contributed by atoms with E-state index in [0.29, 0.717) is 33.4 Å². The molecule has 0 saturated carbocycles. The number of hydrogen-bond donors (Lipinski definition) is 1. The third kappa shape index (κ3) is 6.58. The Morgan fingerprint density at radius 3 is 2.48 bits per heavy atom. The van der Waals surface area contributed by atoms with Gasteiger partial charge in [-0.2, -0.15) is 5.10 Å². The molecule has 3 aromatic carbocycles. The van der Waals surface area contributed by atoms with E-state index in [2.05, 4.69) is 10.5 Å². The summed E-state index contributed by atoms with van der Waals surface area (Å²) in [6, 6.07) is 20.1. The van der Waals surface area contributed by atoms with Crippen molar-refractivity contribution in [1.82, 2.24) is 5.43 Å². The highest BCUT2D eigenvalue weighted by Crippen LogP contribution is 2.25. The molecule has 0 unspecified atom stereocenters. The van der Waals surface area contributed by atoms with Gasteiger partial charge in [0.1, 0.15) is 5.75 Å². The molecule has 0 spiro atoms. The van der Waals surface area contributed by atoms with Crippen LogP contribution in [0.4, 0.5) is 0 Å². The Morgan fingerprint density at radius 1 is 1.00 bits per heavy atom. The van der Waals surface area contributed by atoms with Crippen molar-refractivity contribution in [2.45, 2.75) is 0 Å². The van der Waals surface area contributed by atoms with Crippen LogP contribution >= 0.6 is 11.6 Å². The molecule has 1 N–H and O–H groups in total. The van der Waals surface area contributed by atoms with E-state index < -0.39 is 11.9 Å². The first-order valence-corrected chi connectivity index (χ1v) is 9.58. The van der Waals surface area contributed by atoms with Gasteiger partial charge in [0.25, 0.3) is 5.91 Å². The fourth-order valence-corrected chi connectivity index (χ4v) is 2.63. The van der Waals surface area contributed by atoms with Crippen molar-refractivity contribution in [3.05, 3.63) is 88.9 Å². The lowest BCUT2D eigenvalue weighted by Crippen LogP contribution is -2.24. The Kier molecular flexibility index (Phi) is 7.61. The van der Waals surface area contributed by atoms with Gasteiger partial charge in [-0.15, -0.1) is 0 Å². The summed E-state index contributed by atoms with van der Waals surface area (Å²) in [5.74, 6) is 0.387. The molecule has 0 atom stereocenters. The second-order valence-electron chi connectivity index (χ2n) is 6.20. The van der Waals surface area contributed by atoms with E-state index in [1.54, 1.807) is 72.8 Å². The summed E-state index contributed by atoms with van der Waals surface area (Å²) in [6.07, 6.45) is 1.43. The summed E-state index contributed by atoms with van der Waals surface area (Å²) in [5, 5.41) is 4.43. The monoisotopic (exact) mass is 438 g/mol. The number of para-hydroxylation sites is 2. The minimum atomic E-state index is -0.507. The third-order valence-electron chi connectivity index (χ3n) is 3.98. The summed E-state index contributed by atoms with van der Waals surface area (Å²) >= 11 is 5.82. The van der Waals surface area contributed by atoms with Gasteiger partial charge < -0.3 is 14.2 Å². The summed E-state index contributed by atoms with van der Waals surface area (Å²) in [4.78, 5) is 24.1. The van der Waals surface area contributed by atoms with Crippen LogP contribution in [0.15, 0.2) is 77.9 Å². The molecule has 0 aliphatic carbocycles. The number of carbonyl (C=O) groups excluding carboxylic acids is 2. The molecule has 158 valence electrons. The topological polar surface area (TPSA) is 86.2 Å². The number of benzene rings is 3. The Balaban J connectivity index is 1.52. The number of nitrogens with one attached hydrogen (secondary N) is 1. The van der Waals surface area contributed by atoms with E-state index >= 15 is 0 Å². The van der Waals surface area contributed by atoms with Gasteiger partial charge in [-0.05, 0) is 54.1 Å². The molecule has 7 nitrogen and oxygen atoms in total. The first-order valence-electron chi connectivity index (χ1n) is 9.20. The Bertz CT molecular complexity index is 1080. The molecule has 0 aromatic heterocycles. The molecule has 31 heavy (non-hydrogen) atoms. The number of halogens is 1. The number of methoxy groups -OCH3 is 1. The second-order valence-corrected chi connectivity index (χ2v) is 6.64. The predicted octanol–water partition coefficient (Wildman–Crippen LogP) is 4.10. The van der Waals surface area contributed by atoms with Crippen molar-refractivity contribution in [2.24, 2.45) is 5.10 Å². The highest BCUT2D eigenvalue weighted by Gasteiger charge is 2.09. The molecule has 0 radical (unpaired) electrons. The normalized spacial score (nSPS) is 10.5. The number of nitrogens with zero attached hydrogens (tertiary/aromatic N) is 1. The van der Waals surface area contributed by atoms with E-state index in [1.807, 2.05) is 0 Å². The van der Waals surface area contributed by atoms with Gasteiger partial charge in [0.15, 0.2) is 18.1 Å². The van der Waals surface area contributed by atoms with Crippen LogP contribution in [0.3, 0.4) is 0 Å². The summed E-state index contributed by atoms with van der Waals surface area (Å²) < 4.78 is 15.9. The maximum atomic E-state index is 12.2. The van der Waals surface area contributed by atoms with Crippen LogP contribution in [-0.4, -0.2) is 31.8 Å². The van der Waals surface area contributed by atoms with E-state index in [9.17, 15) is 9.59 Å². The fraction of sp³-hybridized carbons (Fsp3) is 0.0870. The van der Waals surface area contributed by atoms with Crippen molar-refractivity contribution in [3.8, 4) is 17.2 Å². The number of rotatable bonds is 8. The highest BCUT2D eigenvalue weighted by atomic mass is 35.5. The van der Waals surface area contributed by atoms with Crippen LogP contribution in [0.2, 0.25) is 5.02 Å². The van der Waals surface area contributed by atoms with E-state index in [1.165, 1.54) is 13.3 Å². The zero-order chi connectivity index (χ0) is 22.1. The number of esters is 1. The number of hydrazone groups is 1. The molecule has 3 aromatic rings. The number of ether oxygens (including phenoxy) is 3. The summed E-state index contributed by atoms with van der Waals surface area (Å²) in [6.45, 7) is -0.226. The van der Waals surface area contributed by atoms with Gasteiger partial charge in [0.2, 0.25) is 0 Å². The average Bonchev–Trinajstić information content (AvgIpc) is 2.78. The lowest BCUT2D eigenvalue weighted by atomic mass is 10.2. The first kappa shape index (κ1) is 21.9. The summed E-state index contributed by atoms with van der Waals surface area (Å²) in [5.41, 5.74) is 3.39. The van der Waals surface area contributed by atoms with E-state index in [0.717, 1.165) is 0 Å². The van der Waals surface area contributed by atoms with Gasteiger partial charge in [0, 0.05) is 5.02 Å². The van der Waals surface area contributed by atoms with Crippen molar-refractivity contribution in [1.29, 1.82) is 0 Å². The van der Waals surface area contributed by atoms with Gasteiger partial charge >= 0.3 is 5.97 Å². The molecule has 8 heteroatoms. The standard InChI is InChI=1S/C23H19ClN2O5/c1-29-20-7-2-3-8-21(20)30-15-22(27)26-25-14-16-5-4-6-19(13-16)31-23(28)17-9-11-18(24)12-10-17/h2-14H,15H2,1H3,(H,26,27). The molecular weight excluding hydrogens is 420 g/mol. The minimum Gasteiger partial charge on any atom is -0.493 e. The molecule has 3 rings (SSSR count). The maximum Gasteiger partial charge on any atom is 0.343 e. The maximum absolute atomic E-state index is 12.2. The Morgan fingerprint density at radius 2 is 1.74 bits per heavy atom. The van der Waals surface area contributed by atoms with E-state index in [4.69, 9.17) is 25.8 Å². The first-order chi connectivity index (χ1) is 15.0. The van der Waals surface area contributed by atoms with Crippen molar-refractivity contribution in [3.63, 3.8) is 0 Å². The van der Waals surface area contributed by atoms with Crippen LogP contribution in [0.1, 0.15) is 15.9 Å². The number of amides is 1. The van der Waals surface area contributed by atoms with Crippen LogP contribution in [0.25, 0.3) is 0 Å². The minimum absolute atomic E-state index is 0.226. The summed E-state index contributed by atoms with van der Waals surface area (Å²) in [7, 11) is 1.52. The average molecular weight is 439 g/mol. The third-order valence-corrected chi connectivity index (χ3v) is 4.23. The predicted molar refractivity (Wildman–Crippen MR) is 117 cm³/mol. The van der Waals surface area contributed by atoms with E-state index in [-0.39, 0.29) is 6.61 Å². The lowest BCUT2D eigenvalue weighted by Gasteiger charge is -2.09. The second kappa shape index (κ2) is 10.8. The van der Waals surface area contributed by atoms with Crippen molar-refractivity contribution in [2.75, 3.05) is 13.7 Å². The van der Waals surface area contributed by atoms with Gasteiger partial charge in [-0.1, -0.05) is 35.9 Å². The van der Waals surface area contributed by atoms with Gasteiger partial charge in [0.05, 0.1) is 18.9 Å². The smallest absolute Gasteiger partial charge is 0.343 e. The zero-order valence-electron chi connectivity index (χ0n) is 16.6. The number of carbonyl (C=O) groups is 2. The lowest BCUT2D eigenvalue weighted by molar-refractivity contribution is -0.123. The van der Waals surface area contributed by atoms with Gasteiger partial charge in [-0.25, -0.2) is 10.2 Å². The fourth-order valence-electron chi connectivity index (χ4n) is 2.50.